The van der Waals surface area contributed by atoms with Crippen LogP contribution in [0.5, 0.6) is 5.75 Å². The highest BCUT2D eigenvalue weighted by molar-refractivity contribution is 7.03. The van der Waals surface area contributed by atoms with Gasteiger partial charge < -0.3 is 5.11 Å². The molecule has 1 aromatic carbocycles. The summed E-state index contributed by atoms with van der Waals surface area (Å²) in [7, 11) is 0. The first-order chi connectivity index (χ1) is 6.84. The van der Waals surface area contributed by atoms with Gasteiger partial charge >= 0.3 is 0 Å². The van der Waals surface area contributed by atoms with E-state index in [1.165, 1.54) is 11.5 Å². The Kier molecular flexibility index (Phi) is 2.46. The molecule has 0 saturated heterocycles. The van der Waals surface area contributed by atoms with E-state index in [4.69, 9.17) is 5.11 Å². The van der Waals surface area contributed by atoms with Gasteiger partial charge in [0.15, 0.2) is 0 Å². The summed E-state index contributed by atoms with van der Waals surface area (Å²) in [6.07, 6.45) is 0. The van der Waals surface area contributed by atoms with Crippen LogP contribution in [0.2, 0.25) is 0 Å². The monoisotopic (exact) mass is 206 g/mol. The Bertz CT molecular complexity index is 423. The minimum absolute atomic E-state index is 0.208. The van der Waals surface area contributed by atoms with Gasteiger partial charge in [-0.2, -0.15) is 0 Å². The summed E-state index contributed by atoms with van der Waals surface area (Å²) in [5.41, 5.74) is 0.663. The molecule has 14 heavy (non-hydrogen) atoms. The number of rotatable bonds is 2. The van der Waals surface area contributed by atoms with E-state index >= 15 is 0 Å². The molecule has 1 aromatic heterocycles. The van der Waals surface area contributed by atoms with E-state index in [2.05, 4.69) is 19.8 Å². The number of azo groups is 1. The molecule has 0 amide bonds. The molecule has 1 heterocycles. The number of nitrogens with zero attached hydrogens (tertiary/aromatic N) is 4. The van der Waals surface area contributed by atoms with Crippen LogP contribution in [0.3, 0.4) is 0 Å². The van der Waals surface area contributed by atoms with Crippen molar-refractivity contribution >= 4 is 23.0 Å². The fraction of sp³-hybridized carbons (Fsp3) is 0. The second kappa shape index (κ2) is 3.93. The second-order valence-electron chi connectivity index (χ2n) is 2.48. The van der Waals surface area contributed by atoms with E-state index in [1.54, 1.807) is 29.6 Å². The molecule has 0 aliphatic rings. The average molecular weight is 206 g/mol. The number of aromatic hydroxyl groups is 1. The summed E-state index contributed by atoms with van der Waals surface area (Å²) < 4.78 is 3.65. The number of hydrogen-bond acceptors (Lipinski definition) is 6. The standard InChI is InChI=1S/C8H6N4OS/c13-7-3-1-6(2-4-7)9-10-8-5-14-12-11-8/h1-5,13H. The zero-order chi connectivity index (χ0) is 9.80. The predicted octanol–water partition coefficient (Wildman–Crippen LogP) is 2.66. The van der Waals surface area contributed by atoms with Crippen LogP contribution in [0.4, 0.5) is 11.5 Å². The third-order valence-corrected chi connectivity index (χ3v) is 1.96. The van der Waals surface area contributed by atoms with Crippen molar-refractivity contribution in [2.75, 3.05) is 0 Å². The van der Waals surface area contributed by atoms with Crippen LogP contribution in [0.1, 0.15) is 0 Å². The van der Waals surface area contributed by atoms with Gasteiger partial charge in [-0.25, -0.2) is 0 Å². The van der Waals surface area contributed by atoms with Gasteiger partial charge in [0, 0.05) is 0 Å². The van der Waals surface area contributed by atoms with Crippen LogP contribution in [-0.2, 0) is 0 Å². The molecule has 0 aliphatic carbocycles. The van der Waals surface area contributed by atoms with Gasteiger partial charge in [0.05, 0.1) is 11.1 Å². The Morgan fingerprint density at radius 3 is 2.57 bits per heavy atom. The third-order valence-electron chi connectivity index (χ3n) is 1.47. The first kappa shape index (κ1) is 8.76. The smallest absolute Gasteiger partial charge is 0.208 e. The zero-order valence-corrected chi connectivity index (χ0v) is 7.85. The van der Waals surface area contributed by atoms with E-state index in [1.807, 2.05) is 0 Å². The molecule has 0 radical (unpaired) electrons. The number of aromatic nitrogens is 2. The van der Waals surface area contributed by atoms with Crippen LogP contribution in [0.25, 0.3) is 0 Å². The lowest BCUT2D eigenvalue weighted by Gasteiger charge is -1.91. The number of phenols is 1. The van der Waals surface area contributed by atoms with Crippen LogP contribution in [0.15, 0.2) is 39.9 Å². The van der Waals surface area contributed by atoms with Gasteiger partial charge in [-0.15, -0.1) is 15.3 Å². The Morgan fingerprint density at radius 1 is 1.14 bits per heavy atom. The normalized spacial score (nSPS) is 10.9. The summed E-state index contributed by atoms with van der Waals surface area (Å²) >= 11 is 1.22. The van der Waals surface area contributed by atoms with Crippen LogP contribution in [-0.4, -0.2) is 14.7 Å². The maximum Gasteiger partial charge on any atom is 0.208 e. The van der Waals surface area contributed by atoms with Crippen molar-refractivity contribution in [2.45, 2.75) is 0 Å². The molecule has 0 spiro atoms. The van der Waals surface area contributed by atoms with Crippen molar-refractivity contribution < 1.29 is 5.11 Å². The Labute approximate surface area is 83.9 Å². The lowest BCUT2D eigenvalue weighted by Crippen LogP contribution is -1.65. The van der Waals surface area contributed by atoms with Crippen molar-refractivity contribution in [3.05, 3.63) is 29.6 Å². The molecular weight excluding hydrogens is 200 g/mol. The molecule has 2 aromatic rings. The van der Waals surface area contributed by atoms with Gasteiger partial charge in [-0.05, 0) is 35.8 Å². The average Bonchev–Trinajstić information content (AvgIpc) is 2.70. The second-order valence-corrected chi connectivity index (χ2v) is 3.09. The minimum atomic E-state index is 0.208. The van der Waals surface area contributed by atoms with E-state index in [0.29, 0.717) is 11.5 Å². The highest BCUT2D eigenvalue weighted by Crippen LogP contribution is 2.19. The Balaban J connectivity index is 2.15. The van der Waals surface area contributed by atoms with Gasteiger partial charge in [0.2, 0.25) is 5.82 Å². The van der Waals surface area contributed by atoms with Crippen molar-refractivity contribution in [1.82, 2.24) is 9.59 Å². The molecule has 1 N–H and O–H groups in total. The van der Waals surface area contributed by atoms with Crippen LogP contribution >= 0.6 is 11.5 Å². The van der Waals surface area contributed by atoms with Crippen LogP contribution < -0.4 is 0 Å². The van der Waals surface area contributed by atoms with E-state index < -0.39 is 0 Å². The van der Waals surface area contributed by atoms with Gasteiger partial charge in [0.25, 0.3) is 0 Å². The quantitative estimate of drug-likeness (QED) is 0.768. The molecule has 0 unspecified atom stereocenters. The molecule has 0 fully saturated rings. The lowest BCUT2D eigenvalue weighted by atomic mass is 10.3. The lowest BCUT2D eigenvalue weighted by molar-refractivity contribution is 0.475. The van der Waals surface area contributed by atoms with Crippen LogP contribution in [0, 0.1) is 0 Å². The summed E-state index contributed by atoms with van der Waals surface area (Å²) in [5, 5.41) is 22.2. The van der Waals surface area contributed by atoms with Crippen molar-refractivity contribution in [3.63, 3.8) is 0 Å². The maximum atomic E-state index is 9.02. The first-order valence-electron chi connectivity index (χ1n) is 3.82. The minimum Gasteiger partial charge on any atom is -0.508 e. The fourth-order valence-electron chi connectivity index (χ4n) is 0.832. The van der Waals surface area contributed by atoms with Gasteiger partial charge in [-0.1, -0.05) is 4.49 Å². The SMILES string of the molecule is Oc1ccc(N=Nc2csnn2)cc1. The van der Waals surface area contributed by atoms with Gasteiger partial charge in [0.1, 0.15) is 5.75 Å². The maximum absolute atomic E-state index is 9.02. The molecule has 2 rings (SSSR count). The number of benzene rings is 1. The Morgan fingerprint density at radius 2 is 1.93 bits per heavy atom. The molecule has 0 saturated carbocycles. The van der Waals surface area contributed by atoms with Crippen molar-refractivity contribution in [2.24, 2.45) is 10.2 Å². The molecule has 70 valence electrons. The summed E-state index contributed by atoms with van der Waals surface area (Å²) in [4.78, 5) is 0. The molecular formula is C8H6N4OS. The largest absolute Gasteiger partial charge is 0.508 e. The molecule has 0 atom stereocenters. The number of phenolic OH excluding ortho intramolecular Hbond substituents is 1. The molecule has 6 heteroatoms. The third kappa shape index (κ3) is 2.11. The van der Waals surface area contributed by atoms with E-state index in [9.17, 15) is 0 Å². The summed E-state index contributed by atoms with van der Waals surface area (Å²) in [6, 6.07) is 6.43. The predicted molar refractivity (Wildman–Crippen MR) is 52.2 cm³/mol. The highest BCUT2D eigenvalue weighted by Gasteiger charge is 1.92. The topological polar surface area (TPSA) is 70.7 Å². The zero-order valence-electron chi connectivity index (χ0n) is 7.03. The highest BCUT2D eigenvalue weighted by atomic mass is 32.1. The molecule has 0 aliphatic heterocycles. The summed E-state index contributed by atoms with van der Waals surface area (Å²) in [6.45, 7) is 0. The van der Waals surface area contributed by atoms with Gasteiger partial charge in [-0.3, -0.25) is 0 Å². The Hall–Kier alpha value is -1.82. The van der Waals surface area contributed by atoms with E-state index in [0.717, 1.165) is 0 Å². The molecule has 5 nitrogen and oxygen atoms in total. The van der Waals surface area contributed by atoms with E-state index in [-0.39, 0.29) is 5.75 Å². The van der Waals surface area contributed by atoms with Crippen molar-refractivity contribution in [1.29, 1.82) is 0 Å². The van der Waals surface area contributed by atoms with Crippen molar-refractivity contribution in [3.8, 4) is 5.75 Å². The molecule has 0 bridgehead atoms. The first-order valence-corrected chi connectivity index (χ1v) is 4.66. The summed E-state index contributed by atoms with van der Waals surface area (Å²) in [5.74, 6) is 0.697. The fourth-order valence-corrected chi connectivity index (χ4v) is 1.20. The number of hydrogen-bond donors (Lipinski definition) is 1.